The molecular weight excluding hydrogens is 274 g/mol. The molecule has 0 amide bonds. The average Bonchev–Trinajstić information content (AvgIpc) is 3.08. The van der Waals surface area contributed by atoms with E-state index in [4.69, 9.17) is 11.6 Å². The predicted molar refractivity (Wildman–Crippen MR) is 78.8 cm³/mol. The van der Waals surface area contributed by atoms with E-state index in [1.165, 1.54) is 12.8 Å². The maximum atomic E-state index is 10.0. The Morgan fingerprint density at radius 2 is 2.30 bits per heavy atom. The van der Waals surface area contributed by atoms with Gasteiger partial charge in [0.2, 0.25) is 0 Å². The molecule has 1 atom stereocenters. The monoisotopic (exact) mass is 291 g/mol. The van der Waals surface area contributed by atoms with Crippen molar-refractivity contribution >= 4 is 11.6 Å². The lowest BCUT2D eigenvalue weighted by Gasteiger charge is -2.25. The third-order valence-electron chi connectivity index (χ3n) is 3.92. The van der Waals surface area contributed by atoms with E-state index < -0.39 is 0 Å². The minimum atomic E-state index is 0.211. The first-order valence-corrected chi connectivity index (χ1v) is 7.28. The number of phenols is 1. The van der Waals surface area contributed by atoms with E-state index in [0.717, 1.165) is 25.2 Å². The SMILES string of the molecule is Oc1c(Cl)cccc1CN1CCC[C@H]1Cn1ccnc1. The lowest BCUT2D eigenvalue weighted by atomic mass is 10.1. The second-order valence-corrected chi connectivity index (χ2v) is 5.68. The van der Waals surface area contributed by atoms with Gasteiger partial charge in [-0.15, -0.1) is 0 Å². The molecule has 4 nitrogen and oxygen atoms in total. The molecule has 1 aliphatic rings. The second-order valence-electron chi connectivity index (χ2n) is 5.27. The van der Waals surface area contributed by atoms with E-state index >= 15 is 0 Å². The Morgan fingerprint density at radius 1 is 1.40 bits per heavy atom. The molecule has 1 aromatic heterocycles. The zero-order chi connectivity index (χ0) is 13.9. The van der Waals surface area contributed by atoms with Crippen molar-refractivity contribution in [3.8, 4) is 5.75 Å². The number of benzene rings is 1. The highest BCUT2D eigenvalue weighted by Gasteiger charge is 2.25. The van der Waals surface area contributed by atoms with Gasteiger partial charge in [-0.1, -0.05) is 23.7 Å². The Kier molecular flexibility index (Phi) is 3.94. The quantitative estimate of drug-likeness (QED) is 0.942. The summed E-state index contributed by atoms with van der Waals surface area (Å²) in [6, 6.07) is 6.03. The van der Waals surface area contributed by atoms with E-state index in [1.54, 1.807) is 6.07 Å². The van der Waals surface area contributed by atoms with Gasteiger partial charge < -0.3 is 9.67 Å². The van der Waals surface area contributed by atoms with Gasteiger partial charge in [0.25, 0.3) is 0 Å². The van der Waals surface area contributed by atoms with Gasteiger partial charge in [-0.25, -0.2) is 4.98 Å². The maximum Gasteiger partial charge on any atom is 0.138 e. The zero-order valence-electron chi connectivity index (χ0n) is 11.2. The van der Waals surface area contributed by atoms with Gasteiger partial charge in [-0.3, -0.25) is 4.90 Å². The molecule has 0 aliphatic carbocycles. The first-order chi connectivity index (χ1) is 9.74. The molecule has 106 valence electrons. The van der Waals surface area contributed by atoms with Crippen LogP contribution in [0.25, 0.3) is 0 Å². The summed E-state index contributed by atoms with van der Waals surface area (Å²) in [6.07, 6.45) is 8.03. The van der Waals surface area contributed by atoms with Crippen molar-refractivity contribution in [1.29, 1.82) is 0 Å². The molecule has 0 spiro atoms. The fraction of sp³-hybridized carbons (Fsp3) is 0.400. The van der Waals surface area contributed by atoms with Gasteiger partial charge in [-0.05, 0) is 25.5 Å². The second kappa shape index (κ2) is 5.85. The van der Waals surface area contributed by atoms with Gasteiger partial charge in [0.15, 0.2) is 0 Å². The number of hydrogen-bond donors (Lipinski definition) is 1. The van der Waals surface area contributed by atoms with Crippen LogP contribution in [0.4, 0.5) is 0 Å². The summed E-state index contributed by atoms with van der Waals surface area (Å²) in [4.78, 5) is 6.49. The number of likely N-dealkylation sites (tertiary alicyclic amines) is 1. The molecule has 1 aliphatic heterocycles. The van der Waals surface area contributed by atoms with Crippen molar-refractivity contribution in [2.24, 2.45) is 0 Å². The van der Waals surface area contributed by atoms with Gasteiger partial charge in [0.1, 0.15) is 5.75 Å². The fourth-order valence-corrected chi connectivity index (χ4v) is 3.05. The summed E-state index contributed by atoms with van der Waals surface area (Å²) < 4.78 is 2.11. The Balaban J connectivity index is 1.71. The van der Waals surface area contributed by atoms with Crippen LogP contribution in [-0.4, -0.2) is 32.1 Å². The lowest BCUT2D eigenvalue weighted by Crippen LogP contribution is -2.32. The van der Waals surface area contributed by atoms with Crippen LogP contribution in [0.1, 0.15) is 18.4 Å². The van der Waals surface area contributed by atoms with E-state index in [0.29, 0.717) is 11.1 Å². The van der Waals surface area contributed by atoms with Crippen LogP contribution in [-0.2, 0) is 13.1 Å². The predicted octanol–water partition coefficient (Wildman–Crippen LogP) is 2.91. The fourth-order valence-electron chi connectivity index (χ4n) is 2.85. The van der Waals surface area contributed by atoms with Gasteiger partial charge >= 0.3 is 0 Å². The van der Waals surface area contributed by atoms with Crippen molar-refractivity contribution in [3.63, 3.8) is 0 Å². The summed E-state index contributed by atoms with van der Waals surface area (Å²) in [7, 11) is 0. The molecule has 2 heterocycles. The molecule has 0 saturated carbocycles. The molecule has 1 aromatic carbocycles. The molecule has 20 heavy (non-hydrogen) atoms. The van der Waals surface area contributed by atoms with Crippen LogP contribution in [0.2, 0.25) is 5.02 Å². The molecule has 1 fully saturated rings. The minimum Gasteiger partial charge on any atom is -0.506 e. The highest BCUT2D eigenvalue weighted by molar-refractivity contribution is 6.32. The van der Waals surface area contributed by atoms with Crippen molar-refractivity contribution in [2.45, 2.75) is 32.0 Å². The summed E-state index contributed by atoms with van der Waals surface area (Å²) in [6.45, 7) is 2.75. The topological polar surface area (TPSA) is 41.3 Å². The third kappa shape index (κ3) is 2.81. The summed E-state index contributed by atoms with van der Waals surface area (Å²) in [5, 5.41) is 10.5. The largest absolute Gasteiger partial charge is 0.506 e. The number of para-hydroxylation sites is 1. The van der Waals surface area contributed by atoms with Crippen molar-refractivity contribution in [1.82, 2.24) is 14.5 Å². The summed E-state index contributed by atoms with van der Waals surface area (Å²) in [5.41, 5.74) is 0.898. The van der Waals surface area contributed by atoms with Crippen LogP contribution in [0.15, 0.2) is 36.9 Å². The van der Waals surface area contributed by atoms with Gasteiger partial charge in [-0.2, -0.15) is 0 Å². The molecule has 1 N–H and O–H groups in total. The third-order valence-corrected chi connectivity index (χ3v) is 4.23. The molecule has 2 aromatic rings. The number of phenolic OH excluding ortho intramolecular Hbond substituents is 1. The minimum absolute atomic E-state index is 0.211. The average molecular weight is 292 g/mol. The maximum absolute atomic E-state index is 10.0. The number of halogens is 1. The molecule has 1 saturated heterocycles. The number of aromatic nitrogens is 2. The van der Waals surface area contributed by atoms with Crippen LogP contribution in [0, 0.1) is 0 Å². The van der Waals surface area contributed by atoms with Crippen LogP contribution in [0.5, 0.6) is 5.75 Å². The van der Waals surface area contributed by atoms with Gasteiger partial charge in [0, 0.05) is 37.1 Å². The molecule has 0 unspecified atom stereocenters. The molecule has 5 heteroatoms. The number of nitrogens with zero attached hydrogens (tertiary/aromatic N) is 3. The first-order valence-electron chi connectivity index (χ1n) is 6.90. The zero-order valence-corrected chi connectivity index (χ0v) is 12.0. The smallest absolute Gasteiger partial charge is 0.138 e. The molecule has 0 bridgehead atoms. The molecule has 3 rings (SSSR count). The highest BCUT2D eigenvalue weighted by Crippen LogP contribution is 2.30. The molecule has 0 radical (unpaired) electrons. The van der Waals surface area contributed by atoms with Crippen molar-refractivity contribution in [2.75, 3.05) is 6.54 Å². The van der Waals surface area contributed by atoms with E-state index in [-0.39, 0.29) is 5.75 Å². The van der Waals surface area contributed by atoms with E-state index in [2.05, 4.69) is 14.5 Å². The number of aromatic hydroxyl groups is 1. The Bertz CT molecular complexity index is 571. The van der Waals surface area contributed by atoms with Crippen LogP contribution >= 0.6 is 11.6 Å². The van der Waals surface area contributed by atoms with Crippen molar-refractivity contribution in [3.05, 3.63) is 47.5 Å². The number of hydrogen-bond acceptors (Lipinski definition) is 3. The standard InChI is InChI=1S/C15H18ClN3O/c16-14-5-1-3-12(15(14)20)9-19-7-2-4-13(19)10-18-8-6-17-11-18/h1,3,5-6,8,11,13,20H,2,4,7,9-10H2/t13-/m0/s1. The Labute approximate surface area is 123 Å². The summed E-state index contributed by atoms with van der Waals surface area (Å²) >= 11 is 5.97. The van der Waals surface area contributed by atoms with Crippen LogP contribution in [0.3, 0.4) is 0 Å². The van der Waals surface area contributed by atoms with E-state index in [1.807, 2.05) is 30.9 Å². The number of imidazole rings is 1. The number of rotatable bonds is 4. The first kappa shape index (κ1) is 13.5. The normalized spacial score (nSPS) is 19.6. The highest BCUT2D eigenvalue weighted by atomic mass is 35.5. The lowest BCUT2D eigenvalue weighted by molar-refractivity contribution is 0.222. The van der Waals surface area contributed by atoms with Crippen molar-refractivity contribution < 1.29 is 5.11 Å². The van der Waals surface area contributed by atoms with E-state index in [9.17, 15) is 5.11 Å². The Hall–Kier alpha value is -1.52. The van der Waals surface area contributed by atoms with Gasteiger partial charge in [0.05, 0.1) is 11.3 Å². The van der Waals surface area contributed by atoms with Crippen LogP contribution < -0.4 is 0 Å². The molecular formula is C15H18ClN3O. The Morgan fingerprint density at radius 3 is 3.10 bits per heavy atom. The summed E-state index contributed by atoms with van der Waals surface area (Å²) in [5.74, 6) is 0.211.